The molecule has 7 nitrogen and oxygen atoms in total. The lowest BCUT2D eigenvalue weighted by Crippen LogP contribution is -2.51. The second kappa shape index (κ2) is 9.71. The Morgan fingerprint density at radius 2 is 1.56 bits per heavy atom. The SMILES string of the molecule is C[C@H]([C@H](NC(=O)OCC1c2ccccc2-c2ccccc21)C(=O)OC(C)(C)C)[C@@H](O)CO. The fourth-order valence-corrected chi connectivity index (χ4v) is 3.93. The van der Waals surface area contributed by atoms with Gasteiger partial charge in [-0.1, -0.05) is 55.5 Å². The quantitative estimate of drug-likeness (QED) is 0.570. The Kier molecular flexibility index (Phi) is 7.21. The van der Waals surface area contributed by atoms with Crippen LogP contribution in [0.2, 0.25) is 0 Å². The van der Waals surface area contributed by atoms with E-state index in [1.54, 1.807) is 27.7 Å². The van der Waals surface area contributed by atoms with Gasteiger partial charge in [-0.05, 0) is 43.0 Å². The van der Waals surface area contributed by atoms with Crippen molar-refractivity contribution < 1.29 is 29.3 Å². The first-order valence-electron chi connectivity index (χ1n) is 10.8. The average Bonchev–Trinajstić information content (AvgIpc) is 3.07. The molecule has 3 rings (SSSR count). The number of rotatable bonds is 7. The van der Waals surface area contributed by atoms with Crippen LogP contribution in [0.25, 0.3) is 11.1 Å². The number of carbonyl (C=O) groups excluding carboxylic acids is 2. The van der Waals surface area contributed by atoms with Crippen LogP contribution in [0.1, 0.15) is 44.7 Å². The van der Waals surface area contributed by atoms with Gasteiger partial charge in [0.25, 0.3) is 0 Å². The normalized spacial score (nSPS) is 15.8. The van der Waals surface area contributed by atoms with Crippen molar-refractivity contribution in [2.45, 2.75) is 51.4 Å². The third-order valence-corrected chi connectivity index (χ3v) is 5.60. The van der Waals surface area contributed by atoms with E-state index in [1.165, 1.54) is 0 Å². The van der Waals surface area contributed by atoms with Gasteiger partial charge in [-0.2, -0.15) is 0 Å². The van der Waals surface area contributed by atoms with Gasteiger partial charge >= 0.3 is 12.1 Å². The topological polar surface area (TPSA) is 105 Å². The molecule has 2 aromatic carbocycles. The third-order valence-electron chi connectivity index (χ3n) is 5.60. The van der Waals surface area contributed by atoms with Crippen molar-refractivity contribution in [2.24, 2.45) is 5.92 Å². The Bertz CT molecular complexity index is 921. The molecule has 1 amide bonds. The van der Waals surface area contributed by atoms with E-state index in [0.29, 0.717) is 0 Å². The van der Waals surface area contributed by atoms with Crippen molar-refractivity contribution in [3.8, 4) is 11.1 Å². The molecule has 32 heavy (non-hydrogen) atoms. The molecule has 2 aromatic rings. The van der Waals surface area contributed by atoms with Crippen LogP contribution in [-0.2, 0) is 14.3 Å². The van der Waals surface area contributed by atoms with Crippen molar-refractivity contribution in [2.75, 3.05) is 13.2 Å². The summed E-state index contributed by atoms with van der Waals surface area (Å²) in [6, 6.07) is 14.8. The molecule has 0 aromatic heterocycles. The van der Waals surface area contributed by atoms with Gasteiger partial charge in [0.1, 0.15) is 18.2 Å². The van der Waals surface area contributed by atoms with Crippen LogP contribution in [0.3, 0.4) is 0 Å². The summed E-state index contributed by atoms with van der Waals surface area (Å²) in [5, 5.41) is 21.8. The molecule has 1 aliphatic rings. The Morgan fingerprint density at radius 1 is 1.03 bits per heavy atom. The van der Waals surface area contributed by atoms with E-state index in [1.807, 2.05) is 48.5 Å². The molecule has 0 aliphatic heterocycles. The molecule has 7 heteroatoms. The summed E-state index contributed by atoms with van der Waals surface area (Å²) in [6.45, 7) is 6.23. The van der Waals surface area contributed by atoms with Gasteiger partial charge < -0.3 is 25.0 Å². The van der Waals surface area contributed by atoms with E-state index < -0.39 is 42.3 Å². The molecule has 0 fully saturated rings. The number of ether oxygens (including phenoxy) is 2. The molecule has 0 heterocycles. The zero-order valence-electron chi connectivity index (χ0n) is 18.9. The maximum absolute atomic E-state index is 12.7. The van der Waals surface area contributed by atoms with Crippen LogP contribution in [-0.4, -0.2) is 53.2 Å². The molecule has 0 spiro atoms. The lowest BCUT2D eigenvalue weighted by atomic mass is 9.96. The first-order chi connectivity index (χ1) is 15.1. The monoisotopic (exact) mass is 441 g/mol. The van der Waals surface area contributed by atoms with Crippen LogP contribution in [0.5, 0.6) is 0 Å². The predicted octanol–water partition coefficient (Wildman–Crippen LogP) is 3.22. The highest BCUT2D eigenvalue weighted by atomic mass is 16.6. The minimum Gasteiger partial charge on any atom is -0.458 e. The van der Waals surface area contributed by atoms with Gasteiger partial charge in [0.05, 0.1) is 12.7 Å². The summed E-state index contributed by atoms with van der Waals surface area (Å²) >= 11 is 0. The van der Waals surface area contributed by atoms with Crippen LogP contribution in [0.15, 0.2) is 48.5 Å². The lowest BCUT2D eigenvalue weighted by molar-refractivity contribution is -0.160. The van der Waals surface area contributed by atoms with E-state index in [9.17, 15) is 19.8 Å². The highest BCUT2D eigenvalue weighted by molar-refractivity contribution is 5.82. The summed E-state index contributed by atoms with van der Waals surface area (Å²) in [5.74, 6) is -1.60. The fourth-order valence-electron chi connectivity index (χ4n) is 3.93. The van der Waals surface area contributed by atoms with E-state index in [2.05, 4.69) is 5.32 Å². The van der Waals surface area contributed by atoms with Gasteiger partial charge in [-0.3, -0.25) is 0 Å². The Hall–Kier alpha value is -2.90. The fraction of sp³-hybridized carbons (Fsp3) is 0.440. The largest absolute Gasteiger partial charge is 0.458 e. The van der Waals surface area contributed by atoms with Gasteiger partial charge in [0.15, 0.2) is 0 Å². The summed E-state index contributed by atoms with van der Waals surface area (Å²) in [5.41, 5.74) is 3.61. The number of benzene rings is 2. The average molecular weight is 442 g/mol. The molecule has 3 atom stereocenters. The number of nitrogens with one attached hydrogen (secondary N) is 1. The number of aliphatic hydroxyl groups excluding tert-OH is 2. The number of hydrogen-bond acceptors (Lipinski definition) is 6. The number of esters is 1. The maximum atomic E-state index is 12.7. The molecule has 0 saturated heterocycles. The van der Waals surface area contributed by atoms with Gasteiger partial charge in [-0.25, -0.2) is 9.59 Å². The number of aliphatic hydroxyl groups is 2. The first kappa shape index (κ1) is 23.8. The van der Waals surface area contributed by atoms with Crippen LogP contribution in [0, 0.1) is 5.92 Å². The predicted molar refractivity (Wildman–Crippen MR) is 120 cm³/mol. The highest BCUT2D eigenvalue weighted by Crippen LogP contribution is 2.44. The molecular weight excluding hydrogens is 410 g/mol. The van der Waals surface area contributed by atoms with E-state index >= 15 is 0 Å². The second-order valence-corrected chi connectivity index (χ2v) is 9.09. The number of alkyl carbamates (subject to hydrolysis) is 1. The second-order valence-electron chi connectivity index (χ2n) is 9.09. The van der Waals surface area contributed by atoms with Crippen LogP contribution in [0.4, 0.5) is 4.79 Å². The van der Waals surface area contributed by atoms with Crippen LogP contribution >= 0.6 is 0 Å². The molecule has 172 valence electrons. The van der Waals surface area contributed by atoms with E-state index in [0.717, 1.165) is 22.3 Å². The van der Waals surface area contributed by atoms with Crippen molar-refractivity contribution in [1.29, 1.82) is 0 Å². The van der Waals surface area contributed by atoms with Crippen LogP contribution < -0.4 is 5.32 Å². The Labute approximate surface area is 188 Å². The summed E-state index contributed by atoms with van der Waals surface area (Å²) < 4.78 is 10.9. The van der Waals surface area contributed by atoms with E-state index in [-0.39, 0.29) is 12.5 Å². The third kappa shape index (κ3) is 5.29. The number of carbonyl (C=O) groups is 2. The molecule has 0 unspecified atom stereocenters. The maximum Gasteiger partial charge on any atom is 0.407 e. The summed E-state index contributed by atoms with van der Waals surface area (Å²) in [4.78, 5) is 25.3. The van der Waals surface area contributed by atoms with Gasteiger partial charge in [0.2, 0.25) is 0 Å². The molecule has 0 bridgehead atoms. The zero-order chi connectivity index (χ0) is 23.5. The Balaban J connectivity index is 1.72. The lowest BCUT2D eigenvalue weighted by Gasteiger charge is -2.29. The summed E-state index contributed by atoms with van der Waals surface area (Å²) in [7, 11) is 0. The molecule has 0 saturated carbocycles. The summed E-state index contributed by atoms with van der Waals surface area (Å²) in [6.07, 6.45) is -2.00. The van der Waals surface area contributed by atoms with E-state index in [4.69, 9.17) is 9.47 Å². The van der Waals surface area contributed by atoms with Crippen molar-refractivity contribution >= 4 is 12.1 Å². The first-order valence-corrected chi connectivity index (χ1v) is 10.8. The number of fused-ring (bicyclic) bond motifs is 3. The molecular formula is C25H31NO6. The highest BCUT2D eigenvalue weighted by Gasteiger charge is 2.36. The smallest absolute Gasteiger partial charge is 0.407 e. The Morgan fingerprint density at radius 3 is 2.06 bits per heavy atom. The van der Waals surface area contributed by atoms with Crippen molar-refractivity contribution in [3.63, 3.8) is 0 Å². The number of hydrogen-bond donors (Lipinski definition) is 3. The minimum absolute atomic E-state index is 0.0951. The molecule has 0 radical (unpaired) electrons. The standard InChI is InChI=1S/C25H31NO6/c1-15(21(28)13-27)22(23(29)32-25(2,3)4)26-24(30)31-14-20-18-11-7-5-9-16(18)17-10-6-8-12-19(17)20/h5-12,15,20-22,27-28H,13-14H2,1-4H3,(H,26,30)/t15-,21-,22-/m0/s1. The molecule has 1 aliphatic carbocycles. The van der Waals surface area contributed by atoms with Crippen molar-refractivity contribution in [1.82, 2.24) is 5.32 Å². The molecule has 3 N–H and O–H groups in total. The van der Waals surface area contributed by atoms with Gasteiger partial charge in [0, 0.05) is 11.8 Å². The van der Waals surface area contributed by atoms with Crippen molar-refractivity contribution in [3.05, 3.63) is 59.7 Å². The number of amides is 1. The zero-order valence-corrected chi connectivity index (χ0v) is 18.9. The van der Waals surface area contributed by atoms with Gasteiger partial charge in [-0.15, -0.1) is 0 Å². The minimum atomic E-state index is -1.21.